The Morgan fingerprint density at radius 3 is 2.62 bits per heavy atom. The molecule has 0 N–H and O–H groups in total. The van der Waals surface area contributed by atoms with Crippen molar-refractivity contribution in [2.24, 2.45) is 0 Å². The highest BCUT2D eigenvalue weighted by atomic mass is 35.5. The number of aromatic nitrogens is 1. The summed E-state index contributed by atoms with van der Waals surface area (Å²) in [7, 11) is 1.55. The van der Waals surface area contributed by atoms with Crippen LogP contribution >= 0.6 is 23.2 Å². The molecule has 3 nitrogen and oxygen atoms in total. The molecule has 0 saturated carbocycles. The molecule has 0 saturated heterocycles. The molecular weight excluding hydrogens is 369 g/mol. The summed E-state index contributed by atoms with van der Waals surface area (Å²) >= 11 is 12.4. The summed E-state index contributed by atoms with van der Waals surface area (Å²) in [6.07, 6.45) is 1.75. The Bertz CT molecular complexity index is 947. The number of ketones is 1. The molecule has 0 unspecified atom stereocenters. The number of fused-ring (bicyclic) bond motifs is 1. The summed E-state index contributed by atoms with van der Waals surface area (Å²) in [6, 6.07) is 13.5. The van der Waals surface area contributed by atoms with Gasteiger partial charge in [0.05, 0.1) is 0 Å². The first kappa shape index (κ1) is 19.0. The van der Waals surface area contributed by atoms with E-state index in [1.807, 2.05) is 36.4 Å². The third-order valence-electron chi connectivity index (χ3n) is 4.46. The van der Waals surface area contributed by atoms with Crippen LogP contribution in [0.25, 0.3) is 10.9 Å². The first-order chi connectivity index (χ1) is 12.6. The number of carbonyl (C=O) groups is 1. The van der Waals surface area contributed by atoms with Gasteiger partial charge in [0.2, 0.25) is 0 Å². The van der Waals surface area contributed by atoms with Gasteiger partial charge in [0.25, 0.3) is 0 Å². The molecule has 3 aromatic rings. The predicted molar refractivity (Wildman–Crippen MR) is 108 cm³/mol. The molecular formula is C21H21Cl2NO2. The lowest BCUT2D eigenvalue weighted by Crippen LogP contribution is -2.12. The number of benzene rings is 2. The molecule has 1 aromatic heterocycles. The molecule has 0 atom stereocenters. The molecule has 26 heavy (non-hydrogen) atoms. The second kappa shape index (κ2) is 8.26. The molecule has 0 spiro atoms. The number of hydrogen-bond donors (Lipinski definition) is 0. The molecule has 3 rings (SSSR count). The summed E-state index contributed by atoms with van der Waals surface area (Å²) in [5.74, 6) is 0.00750. The smallest absolute Gasteiger partial charge is 0.190 e. The fourth-order valence-electron chi connectivity index (χ4n) is 3.37. The molecule has 0 bridgehead atoms. The van der Waals surface area contributed by atoms with Gasteiger partial charge in [0.15, 0.2) is 5.78 Å². The average Bonchev–Trinajstić information content (AvgIpc) is 2.91. The first-order valence-corrected chi connectivity index (χ1v) is 9.38. The van der Waals surface area contributed by atoms with Gasteiger partial charge >= 0.3 is 0 Å². The van der Waals surface area contributed by atoms with Crippen molar-refractivity contribution in [3.8, 4) is 0 Å². The minimum absolute atomic E-state index is 0.00750. The van der Waals surface area contributed by atoms with Crippen LogP contribution in [0.3, 0.4) is 0 Å². The summed E-state index contributed by atoms with van der Waals surface area (Å²) in [5, 5.41) is 2.20. The van der Waals surface area contributed by atoms with Crippen molar-refractivity contribution in [3.63, 3.8) is 0 Å². The Labute approximate surface area is 163 Å². The topological polar surface area (TPSA) is 31.2 Å². The molecule has 0 aliphatic carbocycles. The monoisotopic (exact) mass is 389 g/mol. The second-order valence-electron chi connectivity index (χ2n) is 6.27. The summed E-state index contributed by atoms with van der Waals surface area (Å²) in [4.78, 5) is 12.7. The standard InChI is InChI=1S/C21H21Cl2NO2/c1-3-6-19-21(20(25)13-26-2)16-7-4-5-8-18(16)24(19)12-14-9-10-15(22)11-17(14)23/h4-5,7-11H,3,6,12-13H2,1-2H3. The fraction of sp³-hybridized carbons (Fsp3) is 0.286. The van der Waals surface area contributed by atoms with Gasteiger partial charge in [-0.1, -0.05) is 60.8 Å². The number of Topliss-reactive ketones (excluding diaryl/α,β-unsaturated/α-hetero) is 1. The molecule has 136 valence electrons. The summed E-state index contributed by atoms with van der Waals surface area (Å²) in [5.41, 5.74) is 3.79. The number of methoxy groups -OCH3 is 1. The molecule has 0 radical (unpaired) electrons. The maximum atomic E-state index is 12.7. The lowest BCUT2D eigenvalue weighted by Gasteiger charge is -2.13. The van der Waals surface area contributed by atoms with E-state index in [2.05, 4.69) is 11.5 Å². The van der Waals surface area contributed by atoms with E-state index >= 15 is 0 Å². The van der Waals surface area contributed by atoms with Crippen molar-refractivity contribution in [1.82, 2.24) is 4.57 Å². The van der Waals surface area contributed by atoms with E-state index in [0.29, 0.717) is 16.6 Å². The van der Waals surface area contributed by atoms with Gasteiger partial charge in [-0.05, 0) is 30.2 Å². The Morgan fingerprint density at radius 2 is 1.92 bits per heavy atom. The van der Waals surface area contributed by atoms with Gasteiger partial charge in [-0.2, -0.15) is 0 Å². The van der Waals surface area contributed by atoms with E-state index in [9.17, 15) is 4.79 Å². The molecule has 5 heteroatoms. The van der Waals surface area contributed by atoms with Crippen molar-refractivity contribution in [3.05, 3.63) is 69.3 Å². The van der Waals surface area contributed by atoms with Gasteiger partial charge in [0, 0.05) is 45.9 Å². The van der Waals surface area contributed by atoms with Gasteiger partial charge in [-0.25, -0.2) is 0 Å². The van der Waals surface area contributed by atoms with Crippen LogP contribution in [0.15, 0.2) is 42.5 Å². The van der Waals surface area contributed by atoms with Crippen LogP contribution in [-0.2, 0) is 17.7 Å². The van der Waals surface area contributed by atoms with Crippen LogP contribution in [0.5, 0.6) is 0 Å². The second-order valence-corrected chi connectivity index (χ2v) is 7.11. The summed E-state index contributed by atoms with van der Waals surface area (Å²) < 4.78 is 7.30. The van der Waals surface area contributed by atoms with Gasteiger partial charge in [-0.3, -0.25) is 4.79 Å². The van der Waals surface area contributed by atoms with Gasteiger partial charge in [0.1, 0.15) is 6.61 Å². The predicted octanol–water partition coefficient (Wildman–Crippen LogP) is 5.78. The van der Waals surface area contributed by atoms with E-state index < -0.39 is 0 Å². The molecule has 0 amide bonds. The largest absolute Gasteiger partial charge is 0.377 e. The van der Waals surface area contributed by atoms with E-state index in [-0.39, 0.29) is 12.4 Å². The SMILES string of the molecule is CCCc1c(C(=O)COC)c2ccccc2n1Cc1ccc(Cl)cc1Cl. The van der Waals surface area contributed by atoms with Crippen LogP contribution in [0, 0.1) is 0 Å². The minimum atomic E-state index is 0.00750. The minimum Gasteiger partial charge on any atom is -0.377 e. The number of hydrogen-bond acceptors (Lipinski definition) is 2. The zero-order valence-corrected chi connectivity index (χ0v) is 16.4. The van der Waals surface area contributed by atoms with E-state index in [1.165, 1.54) is 0 Å². The maximum Gasteiger partial charge on any atom is 0.190 e. The third kappa shape index (κ3) is 3.66. The normalized spacial score (nSPS) is 11.2. The van der Waals surface area contributed by atoms with Crippen LogP contribution < -0.4 is 0 Å². The number of ether oxygens (including phenoxy) is 1. The number of rotatable bonds is 7. The highest BCUT2D eigenvalue weighted by Crippen LogP contribution is 2.30. The van der Waals surface area contributed by atoms with Crippen molar-refractivity contribution >= 4 is 39.9 Å². The number of para-hydroxylation sites is 1. The number of halogens is 2. The van der Waals surface area contributed by atoms with Crippen molar-refractivity contribution < 1.29 is 9.53 Å². The molecule has 1 heterocycles. The van der Waals surface area contributed by atoms with Crippen molar-refractivity contribution in [1.29, 1.82) is 0 Å². The number of carbonyl (C=O) groups excluding carboxylic acids is 1. The van der Waals surface area contributed by atoms with Crippen molar-refractivity contribution in [2.45, 2.75) is 26.3 Å². The zero-order valence-electron chi connectivity index (χ0n) is 14.9. The van der Waals surface area contributed by atoms with Gasteiger partial charge < -0.3 is 9.30 Å². The molecule has 2 aromatic carbocycles. The third-order valence-corrected chi connectivity index (χ3v) is 5.05. The Balaban J connectivity index is 2.20. The maximum absolute atomic E-state index is 12.7. The lowest BCUT2D eigenvalue weighted by molar-refractivity contribution is 0.0848. The average molecular weight is 390 g/mol. The van der Waals surface area contributed by atoms with Crippen LogP contribution in [0.1, 0.15) is 35.0 Å². The Hall–Kier alpha value is -1.81. The molecule has 0 aliphatic rings. The zero-order chi connectivity index (χ0) is 18.7. The number of nitrogens with zero attached hydrogens (tertiary/aromatic N) is 1. The Kier molecular flexibility index (Phi) is 6.02. The van der Waals surface area contributed by atoms with Crippen LogP contribution in [-0.4, -0.2) is 24.1 Å². The highest BCUT2D eigenvalue weighted by Gasteiger charge is 2.22. The molecule has 0 fully saturated rings. The quantitative estimate of drug-likeness (QED) is 0.479. The van der Waals surface area contributed by atoms with Gasteiger partial charge in [-0.15, -0.1) is 0 Å². The van der Waals surface area contributed by atoms with E-state index in [1.54, 1.807) is 13.2 Å². The van der Waals surface area contributed by atoms with Crippen LogP contribution in [0.4, 0.5) is 0 Å². The van der Waals surface area contributed by atoms with Crippen molar-refractivity contribution in [2.75, 3.05) is 13.7 Å². The highest BCUT2D eigenvalue weighted by molar-refractivity contribution is 6.35. The molecule has 0 aliphatic heterocycles. The fourth-order valence-corrected chi connectivity index (χ4v) is 3.84. The van der Waals surface area contributed by atoms with E-state index in [0.717, 1.165) is 40.6 Å². The first-order valence-electron chi connectivity index (χ1n) is 8.63. The summed E-state index contributed by atoms with van der Waals surface area (Å²) in [6.45, 7) is 2.78. The lowest BCUT2D eigenvalue weighted by atomic mass is 10.0. The van der Waals surface area contributed by atoms with Crippen LogP contribution in [0.2, 0.25) is 10.0 Å². The van der Waals surface area contributed by atoms with E-state index in [4.69, 9.17) is 27.9 Å². The Morgan fingerprint density at radius 1 is 1.15 bits per heavy atom.